The lowest BCUT2D eigenvalue weighted by atomic mass is 9.83. The van der Waals surface area contributed by atoms with E-state index in [9.17, 15) is 19.8 Å². The van der Waals surface area contributed by atoms with Crippen LogP contribution in [0.25, 0.3) is 0 Å². The first-order valence-electron chi connectivity index (χ1n) is 8.81. The Kier molecular flexibility index (Phi) is 4.88. The number of esters is 2. The fourth-order valence-electron chi connectivity index (χ4n) is 3.65. The second-order valence-electron chi connectivity index (χ2n) is 7.34. The van der Waals surface area contributed by atoms with E-state index in [2.05, 4.69) is 6.58 Å². The van der Waals surface area contributed by atoms with Crippen molar-refractivity contribution in [1.29, 1.82) is 0 Å². The fraction of sp³-hybridized carbons (Fsp3) is 0.500. The van der Waals surface area contributed by atoms with Crippen LogP contribution in [0.15, 0.2) is 47.6 Å². The van der Waals surface area contributed by atoms with Crippen LogP contribution < -0.4 is 0 Å². The third-order valence-electron chi connectivity index (χ3n) is 5.33. The monoisotopic (exact) mass is 376 g/mol. The Labute approximate surface area is 157 Å². The summed E-state index contributed by atoms with van der Waals surface area (Å²) in [4.78, 5) is 24.5. The highest BCUT2D eigenvalue weighted by Gasteiger charge is 2.52. The van der Waals surface area contributed by atoms with Gasteiger partial charge in [0, 0.05) is 23.1 Å². The van der Waals surface area contributed by atoms with E-state index in [4.69, 9.17) is 14.2 Å². The quantitative estimate of drug-likeness (QED) is 0.435. The summed E-state index contributed by atoms with van der Waals surface area (Å²) in [6, 6.07) is 0. The summed E-state index contributed by atoms with van der Waals surface area (Å²) in [6.45, 7) is 8.41. The van der Waals surface area contributed by atoms with Gasteiger partial charge in [-0.05, 0) is 32.9 Å². The normalized spacial score (nSPS) is 40.4. The Morgan fingerprint density at radius 1 is 1.48 bits per heavy atom. The molecule has 0 radical (unpaired) electrons. The van der Waals surface area contributed by atoms with Gasteiger partial charge in [-0.1, -0.05) is 18.7 Å². The summed E-state index contributed by atoms with van der Waals surface area (Å²) >= 11 is 0. The molecule has 7 heteroatoms. The average Bonchev–Trinajstić information content (AvgIpc) is 3.08. The molecule has 7 nitrogen and oxygen atoms in total. The second-order valence-corrected chi connectivity index (χ2v) is 7.34. The third-order valence-corrected chi connectivity index (χ3v) is 5.33. The van der Waals surface area contributed by atoms with E-state index in [0.717, 1.165) is 0 Å². The van der Waals surface area contributed by atoms with Crippen LogP contribution in [0.3, 0.4) is 0 Å². The second kappa shape index (κ2) is 6.74. The maximum absolute atomic E-state index is 12.4. The Hall–Kier alpha value is -2.22. The molecule has 146 valence electrons. The first kappa shape index (κ1) is 19.5. The molecule has 0 aromatic heterocycles. The largest absolute Gasteiger partial charge is 0.458 e. The van der Waals surface area contributed by atoms with Crippen molar-refractivity contribution < 1.29 is 34.0 Å². The van der Waals surface area contributed by atoms with Crippen molar-refractivity contribution in [3.63, 3.8) is 0 Å². The number of aliphatic hydroxyl groups is 2. The molecule has 5 unspecified atom stereocenters. The van der Waals surface area contributed by atoms with Gasteiger partial charge in [-0.2, -0.15) is 0 Å². The van der Waals surface area contributed by atoms with Crippen molar-refractivity contribution in [1.82, 2.24) is 0 Å². The standard InChI is InChI=1S/C20H24O7/c1-5-11(2)17(22)26-15-9-19(4)6-7-20(24,27-19)13(10-21)8-14-16(15)12(3)18(23)25-14/h5-8,14-16,21,24H,3,9-10H2,1-2,4H3/b11-5+,13-8+. The minimum absolute atomic E-state index is 0.150. The van der Waals surface area contributed by atoms with E-state index in [1.54, 1.807) is 32.9 Å². The van der Waals surface area contributed by atoms with Gasteiger partial charge in [0.2, 0.25) is 5.79 Å². The van der Waals surface area contributed by atoms with Crippen molar-refractivity contribution in [2.45, 2.75) is 50.8 Å². The SMILES string of the molecule is C=C1C(=O)OC2/C=C(\CO)C3(O)C=CC(C)(CC(OC(=O)/C(C)=C/C)C12)O3. The van der Waals surface area contributed by atoms with Crippen LogP contribution in [-0.2, 0) is 23.8 Å². The number of fused-ring (bicyclic) bond motifs is 3. The number of rotatable bonds is 3. The Morgan fingerprint density at radius 2 is 2.19 bits per heavy atom. The number of carbonyl (C=O) groups excluding carboxylic acids is 2. The molecule has 1 saturated heterocycles. The Bertz CT molecular complexity index is 777. The molecule has 0 amide bonds. The summed E-state index contributed by atoms with van der Waals surface area (Å²) in [7, 11) is 0. The van der Waals surface area contributed by atoms with Gasteiger partial charge in [-0.15, -0.1) is 0 Å². The molecule has 3 aliphatic rings. The van der Waals surface area contributed by atoms with Crippen molar-refractivity contribution in [3.05, 3.63) is 47.6 Å². The number of hydrogen-bond donors (Lipinski definition) is 2. The van der Waals surface area contributed by atoms with Gasteiger partial charge in [-0.25, -0.2) is 9.59 Å². The molecular weight excluding hydrogens is 352 g/mol. The number of aliphatic hydroxyl groups excluding tert-OH is 1. The fourth-order valence-corrected chi connectivity index (χ4v) is 3.65. The molecule has 0 spiro atoms. The highest BCUT2D eigenvalue weighted by molar-refractivity contribution is 5.92. The van der Waals surface area contributed by atoms with E-state index in [1.807, 2.05) is 0 Å². The van der Waals surface area contributed by atoms with Crippen molar-refractivity contribution in [3.8, 4) is 0 Å². The molecule has 2 bridgehead atoms. The van der Waals surface area contributed by atoms with Gasteiger partial charge < -0.3 is 24.4 Å². The predicted octanol–water partition coefficient (Wildman–Crippen LogP) is 1.32. The molecule has 0 aromatic rings. The third kappa shape index (κ3) is 3.38. The number of hydrogen-bond acceptors (Lipinski definition) is 7. The molecule has 0 aliphatic carbocycles. The van der Waals surface area contributed by atoms with E-state index in [0.29, 0.717) is 5.57 Å². The van der Waals surface area contributed by atoms with E-state index in [-0.39, 0.29) is 17.6 Å². The van der Waals surface area contributed by atoms with Crippen molar-refractivity contribution >= 4 is 11.9 Å². The zero-order chi connectivity index (χ0) is 20.0. The van der Waals surface area contributed by atoms with Gasteiger partial charge in [0.25, 0.3) is 0 Å². The average molecular weight is 376 g/mol. The van der Waals surface area contributed by atoms with Crippen LogP contribution in [0.2, 0.25) is 0 Å². The Balaban J connectivity index is 2.07. The molecule has 27 heavy (non-hydrogen) atoms. The molecule has 1 fully saturated rings. The molecule has 5 atom stereocenters. The highest BCUT2D eigenvalue weighted by atomic mass is 16.6. The van der Waals surface area contributed by atoms with Crippen LogP contribution in [0.4, 0.5) is 0 Å². The molecule has 0 aromatic carbocycles. The summed E-state index contributed by atoms with van der Waals surface area (Å²) < 4.78 is 16.9. The van der Waals surface area contributed by atoms with Crippen LogP contribution >= 0.6 is 0 Å². The van der Waals surface area contributed by atoms with E-state index < -0.39 is 48.1 Å². The summed E-state index contributed by atoms with van der Waals surface area (Å²) in [6.07, 6.45) is 4.76. The Morgan fingerprint density at radius 3 is 2.81 bits per heavy atom. The lowest BCUT2D eigenvalue weighted by Crippen LogP contribution is -2.41. The van der Waals surface area contributed by atoms with E-state index >= 15 is 0 Å². The van der Waals surface area contributed by atoms with Gasteiger partial charge in [-0.3, -0.25) is 0 Å². The minimum Gasteiger partial charge on any atom is -0.458 e. The van der Waals surface area contributed by atoms with Gasteiger partial charge in [0.15, 0.2) is 0 Å². The first-order chi connectivity index (χ1) is 12.6. The summed E-state index contributed by atoms with van der Waals surface area (Å²) in [5, 5.41) is 20.5. The smallest absolute Gasteiger partial charge is 0.334 e. The number of carbonyl (C=O) groups is 2. The highest BCUT2D eigenvalue weighted by Crippen LogP contribution is 2.44. The van der Waals surface area contributed by atoms with Gasteiger partial charge >= 0.3 is 11.9 Å². The molecule has 0 saturated carbocycles. The topological polar surface area (TPSA) is 102 Å². The van der Waals surface area contributed by atoms with Gasteiger partial charge in [0.05, 0.1) is 18.1 Å². The summed E-state index contributed by atoms with van der Waals surface area (Å²) in [5.41, 5.74) is -0.213. The van der Waals surface area contributed by atoms with Crippen LogP contribution in [-0.4, -0.2) is 52.4 Å². The molecular formula is C20H24O7. The molecule has 2 N–H and O–H groups in total. The lowest BCUT2D eigenvalue weighted by Gasteiger charge is -2.33. The van der Waals surface area contributed by atoms with Crippen molar-refractivity contribution in [2.24, 2.45) is 5.92 Å². The minimum atomic E-state index is -1.82. The lowest BCUT2D eigenvalue weighted by molar-refractivity contribution is -0.191. The summed E-state index contributed by atoms with van der Waals surface area (Å²) in [5.74, 6) is -3.58. The van der Waals surface area contributed by atoms with Crippen LogP contribution in [0, 0.1) is 5.92 Å². The maximum atomic E-state index is 12.4. The zero-order valence-corrected chi connectivity index (χ0v) is 15.6. The van der Waals surface area contributed by atoms with Crippen LogP contribution in [0.1, 0.15) is 27.2 Å². The van der Waals surface area contributed by atoms with Gasteiger partial charge in [0.1, 0.15) is 12.2 Å². The van der Waals surface area contributed by atoms with Crippen molar-refractivity contribution in [2.75, 3.05) is 6.61 Å². The molecule has 3 rings (SSSR count). The van der Waals surface area contributed by atoms with E-state index in [1.165, 1.54) is 12.2 Å². The number of ether oxygens (including phenoxy) is 3. The predicted molar refractivity (Wildman–Crippen MR) is 95.2 cm³/mol. The molecule has 3 aliphatic heterocycles. The molecule has 3 heterocycles. The first-order valence-corrected chi connectivity index (χ1v) is 8.81. The zero-order valence-electron chi connectivity index (χ0n) is 15.6. The number of allylic oxidation sites excluding steroid dienone is 1. The van der Waals surface area contributed by atoms with Crippen LogP contribution in [0.5, 0.6) is 0 Å². The maximum Gasteiger partial charge on any atom is 0.334 e.